The normalized spacial score (nSPS) is 13.8. The number of benzene rings is 3. The molecule has 1 fully saturated rings. The van der Waals surface area contributed by atoms with Gasteiger partial charge in [0.1, 0.15) is 5.82 Å². The third-order valence-corrected chi connectivity index (χ3v) is 6.12. The van der Waals surface area contributed by atoms with Crippen LogP contribution in [0.5, 0.6) is 0 Å². The van der Waals surface area contributed by atoms with Gasteiger partial charge in [0.05, 0.1) is 16.4 Å². The first-order valence-electron chi connectivity index (χ1n) is 10.6. The lowest BCUT2D eigenvalue weighted by molar-refractivity contribution is -0.149. The van der Waals surface area contributed by atoms with E-state index >= 15 is 0 Å². The third-order valence-electron chi connectivity index (χ3n) is 5.80. The van der Waals surface area contributed by atoms with Crippen molar-refractivity contribution in [3.05, 3.63) is 93.8 Å². The summed E-state index contributed by atoms with van der Waals surface area (Å²) in [6, 6.07) is 15.4. The van der Waals surface area contributed by atoms with Crippen LogP contribution in [0.3, 0.4) is 0 Å². The van der Waals surface area contributed by atoms with Crippen molar-refractivity contribution in [2.75, 3.05) is 4.90 Å². The summed E-state index contributed by atoms with van der Waals surface area (Å²) >= 11 is 6.47. The molecule has 0 radical (unpaired) electrons. The van der Waals surface area contributed by atoms with Gasteiger partial charge in [0.15, 0.2) is 5.78 Å². The second kappa shape index (κ2) is 8.91. The van der Waals surface area contributed by atoms with Gasteiger partial charge in [-0.25, -0.2) is 18.9 Å². The molecule has 0 unspecified atom stereocenters. The summed E-state index contributed by atoms with van der Waals surface area (Å²) in [5.74, 6) is -1.99. The molecule has 3 aromatic carbocycles. The van der Waals surface area contributed by atoms with Crippen molar-refractivity contribution in [2.24, 2.45) is 0 Å². The fraction of sp³-hybridized carbons (Fsp3) is 0.192. The second-order valence-corrected chi connectivity index (χ2v) is 8.65. The van der Waals surface area contributed by atoms with Crippen LogP contribution in [0, 0.1) is 19.7 Å². The summed E-state index contributed by atoms with van der Waals surface area (Å²) in [7, 11) is 0. The number of ketones is 1. The number of amides is 1. The maximum Gasteiger partial charge on any atom is 0.420 e. The van der Waals surface area contributed by atoms with Gasteiger partial charge >= 0.3 is 12.1 Å². The van der Waals surface area contributed by atoms with Crippen LogP contribution >= 0.6 is 11.6 Å². The van der Waals surface area contributed by atoms with Crippen LogP contribution in [0.4, 0.5) is 20.6 Å². The maximum absolute atomic E-state index is 13.7. The number of hydrogen-bond donors (Lipinski definition) is 1. The summed E-state index contributed by atoms with van der Waals surface area (Å²) in [6.07, 6.45) is -0.534. The maximum atomic E-state index is 13.7. The third kappa shape index (κ3) is 4.39. The Kier molecular flexibility index (Phi) is 6.15. The van der Waals surface area contributed by atoms with Gasteiger partial charge in [0.25, 0.3) is 0 Å². The van der Waals surface area contributed by atoms with Crippen LogP contribution in [-0.4, -0.2) is 28.6 Å². The SMILES string of the molecule is Cc1ccccc1C(=O)c1ccc(N(C(=O)OC2(C(=O)O)CC2)c2ccc(F)cc2C)cc1Cl. The zero-order chi connectivity index (χ0) is 24.6. The van der Waals surface area contributed by atoms with Crippen LogP contribution in [0.25, 0.3) is 0 Å². The first-order valence-corrected chi connectivity index (χ1v) is 10.9. The van der Waals surface area contributed by atoms with Gasteiger partial charge < -0.3 is 9.84 Å². The molecule has 3 aromatic rings. The number of aliphatic carboxylic acids is 1. The average molecular weight is 482 g/mol. The lowest BCUT2D eigenvalue weighted by atomic mass is 9.99. The van der Waals surface area contributed by atoms with Crippen LogP contribution in [0.15, 0.2) is 60.7 Å². The number of carboxylic acid groups (broad SMARTS) is 1. The molecular formula is C26H21ClFNO5. The van der Waals surface area contributed by atoms with Crippen molar-refractivity contribution in [3.63, 3.8) is 0 Å². The van der Waals surface area contributed by atoms with E-state index in [1.54, 1.807) is 19.1 Å². The molecule has 1 saturated carbocycles. The molecule has 0 atom stereocenters. The van der Waals surface area contributed by atoms with Crippen LogP contribution in [-0.2, 0) is 9.53 Å². The Morgan fingerprint density at radius 1 is 0.971 bits per heavy atom. The first-order chi connectivity index (χ1) is 16.1. The number of nitrogens with zero attached hydrogens (tertiary/aromatic N) is 1. The Morgan fingerprint density at radius 2 is 1.68 bits per heavy atom. The number of carboxylic acids is 1. The molecule has 34 heavy (non-hydrogen) atoms. The molecular weight excluding hydrogens is 461 g/mol. The highest BCUT2D eigenvalue weighted by Crippen LogP contribution is 2.42. The predicted molar refractivity (Wildman–Crippen MR) is 125 cm³/mol. The summed E-state index contributed by atoms with van der Waals surface area (Å²) in [5, 5.41) is 9.53. The molecule has 174 valence electrons. The molecule has 4 rings (SSSR count). The van der Waals surface area contributed by atoms with E-state index < -0.39 is 23.5 Å². The molecule has 6 nitrogen and oxygen atoms in total. The van der Waals surface area contributed by atoms with Crippen molar-refractivity contribution >= 4 is 40.8 Å². The quantitative estimate of drug-likeness (QED) is 0.422. The number of anilines is 2. The Labute approximate surface area is 200 Å². The molecule has 8 heteroatoms. The molecule has 0 heterocycles. The largest absolute Gasteiger partial charge is 0.478 e. The van der Waals surface area contributed by atoms with Gasteiger partial charge in [-0.05, 0) is 61.4 Å². The molecule has 1 amide bonds. The second-order valence-electron chi connectivity index (χ2n) is 8.24. The van der Waals surface area contributed by atoms with E-state index in [1.165, 1.54) is 36.4 Å². The number of carbonyl (C=O) groups is 3. The number of hydrogen-bond acceptors (Lipinski definition) is 4. The van der Waals surface area contributed by atoms with Gasteiger partial charge in [-0.15, -0.1) is 0 Å². The van der Waals surface area contributed by atoms with E-state index in [1.807, 2.05) is 19.1 Å². The van der Waals surface area contributed by atoms with E-state index in [4.69, 9.17) is 16.3 Å². The molecule has 0 bridgehead atoms. The summed E-state index contributed by atoms with van der Waals surface area (Å²) in [5.41, 5.74) is 0.923. The van der Waals surface area contributed by atoms with Crippen molar-refractivity contribution in [1.82, 2.24) is 0 Å². The highest BCUT2D eigenvalue weighted by molar-refractivity contribution is 6.35. The topological polar surface area (TPSA) is 83.9 Å². The van der Waals surface area contributed by atoms with Gasteiger partial charge in [0, 0.05) is 24.0 Å². The Morgan fingerprint density at radius 3 is 2.26 bits per heavy atom. The van der Waals surface area contributed by atoms with E-state index in [-0.39, 0.29) is 34.9 Å². The number of rotatable bonds is 6. The summed E-state index contributed by atoms with van der Waals surface area (Å²) in [4.78, 5) is 38.9. The van der Waals surface area contributed by atoms with E-state index in [0.717, 1.165) is 10.5 Å². The standard InChI is InChI=1S/C26H21ClFNO5/c1-15-5-3-4-6-19(15)23(30)20-9-8-18(14-21(20)27)29(22-10-7-17(28)13-16(22)2)25(33)34-26(11-12-26)24(31)32/h3-10,13-14H,11-12H2,1-2H3,(H,31,32). The highest BCUT2D eigenvalue weighted by Gasteiger charge is 2.55. The molecule has 0 saturated heterocycles. The van der Waals surface area contributed by atoms with Crippen molar-refractivity contribution in [3.8, 4) is 0 Å². The van der Waals surface area contributed by atoms with Crippen LogP contribution in [0.1, 0.15) is 39.9 Å². The first kappa shape index (κ1) is 23.4. The zero-order valence-corrected chi connectivity index (χ0v) is 19.2. The van der Waals surface area contributed by atoms with Gasteiger partial charge in [-0.2, -0.15) is 0 Å². The Balaban J connectivity index is 1.75. The molecule has 0 aliphatic heterocycles. The van der Waals surface area contributed by atoms with Crippen LogP contribution < -0.4 is 4.90 Å². The molecule has 0 spiro atoms. The molecule has 0 aromatic heterocycles. The van der Waals surface area contributed by atoms with E-state index in [2.05, 4.69) is 0 Å². The minimum absolute atomic E-state index is 0.0997. The summed E-state index contributed by atoms with van der Waals surface area (Å²) in [6.45, 7) is 3.43. The fourth-order valence-electron chi connectivity index (χ4n) is 3.70. The van der Waals surface area contributed by atoms with Gasteiger partial charge in [0.2, 0.25) is 5.60 Å². The van der Waals surface area contributed by atoms with Crippen molar-refractivity contribution in [2.45, 2.75) is 32.3 Å². The van der Waals surface area contributed by atoms with E-state index in [0.29, 0.717) is 16.8 Å². The average Bonchev–Trinajstić information content (AvgIpc) is 3.56. The highest BCUT2D eigenvalue weighted by atomic mass is 35.5. The molecule has 1 aliphatic carbocycles. The predicted octanol–water partition coefficient (Wildman–Crippen LogP) is 6.22. The minimum atomic E-state index is -1.58. The Hall–Kier alpha value is -3.71. The molecule has 1 aliphatic rings. The smallest absolute Gasteiger partial charge is 0.420 e. The monoisotopic (exact) mass is 481 g/mol. The lowest BCUT2D eigenvalue weighted by Gasteiger charge is -2.26. The van der Waals surface area contributed by atoms with Gasteiger partial charge in [-0.3, -0.25) is 4.79 Å². The number of ether oxygens (including phenoxy) is 1. The number of halogens is 2. The minimum Gasteiger partial charge on any atom is -0.478 e. The van der Waals surface area contributed by atoms with E-state index in [9.17, 15) is 23.9 Å². The molecule has 1 N–H and O–H groups in total. The zero-order valence-electron chi connectivity index (χ0n) is 18.5. The Bertz CT molecular complexity index is 1320. The fourth-order valence-corrected chi connectivity index (χ4v) is 3.96. The summed E-state index contributed by atoms with van der Waals surface area (Å²) < 4.78 is 19.1. The van der Waals surface area contributed by atoms with Crippen molar-refractivity contribution < 1.29 is 28.6 Å². The van der Waals surface area contributed by atoms with Crippen molar-refractivity contribution in [1.29, 1.82) is 0 Å². The number of aryl methyl sites for hydroxylation is 2. The van der Waals surface area contributed by atoms with Gasteiger partial charge in [-0.1, -0.05) is 35.9 Å². The number of carbonyl (C=O) groups excluding carboxylic acids is 2. The van der Waals surface area contributed by atoms with Crippen LogP contribution in [0.2, 0.25) is 5.02 Å². The lowest BCUT2D eigenvalue weighted by Crippen LogP contribution is -2.36.